The van der Waals surface area contributed by atoms with Crippen molar-refractivity contribution in [2.45, 2.75) is 19.5 Å². The fourth-order valence-electron chi connectivity index (χ4n) is 2.43. The van der Waals surface area contributed by atoms with Gasteiger partial charge in [0.2, 0.25) is 0 Å². The largest absolute Gasteiger partial charge is 0.419 e. The van der Waals surface area contributed by atoms with Crippen LogP contribution < -0.4 is 11.5 Å². The van der Waals surface area contributed by atoms with Gasteiger partial charge in [0.15, 0.2) is 5.58 Å². The normalized spacial score (nSPS) is 12.7. The molecule has 0 aliphatic heterocycles. The lowest BCUT2D eigenvalue weighted by Crippen LogP contribution is -2.12. The molecule has 0 fully saturated rings. The van der Waals surface area contributed by atoms with Gasteiger partial charge in [-0.05, 0) is 30.2 Å². The van der Waals surface area contributed by atoms with Crippen LogP contribution in [0.4, 0.5) is 0 Å². The van der Waals surface area contributed by atoms with Crippen molar-refractivity contribution < 1.29 is 4.42 Å². The zero-order chi connectivity index (χ0) is 14.1. The van der Waals surface area contributed by atoms with E-state index in [1.54, 1.807) is 4.57 Å². The molecular formula is C16H16N2O2. The summed E-state index contributed by atoms with van der Waals surface area (Å²) >= 11 is 0. The Bertz CT molecular complexity index is 787. The Balaban J connectivity index is 2.08. The van der Waals surface area contributed by atoms with E-state index in [2.05, 4.69) is 0 Å². The first kappa shape index (κ1) is 12.7. The van der Waals surface area contributed by atoms with Crippen LogP contribution in [-0.4, -0.2) is 4.57 Å². The molecule has 0 aliphatic rings. The van der Waals surface area contributed by atoms with E-state index in [0.29, 0.717) is 12.1 Å². The number of rotatable bonds is 3. The third kappa shape index (κ3) is 2.04. The van der Waals surface area contributed by atoms with Gasteiger partial charge in [0.1, 0.15) is 0 Å². The minimum absolute atomic E-state index is 0.226. The number of hydrogen-bond acceptors (Lipinski definition) is 3. The monoisotopic (exact) mass is 268 g/mol. The van der Waals surface area contributed by atoms with Crippen LogP contribution in [0.2, 0.25) is 0 Å². The van der Waals surface area contributed by atoms with Crippen LogP contribution in [0.15, 0.2) is 57.7 Å². The zero-order valence-corrected chi connectivity index (χ0v) is 11.2. The van der Waals surface area contributed by atoms with Gasteiger partial charge in [0.25, 0.3) is 0 Å². The highest BCUT2D eigenvalue weighted by Gasteiger charge is 2.13. The summed E-state index contributed by atoms with van der Waals surface area (Å²) < 4.78 is 6.87. The number of nitrogens with two attached hydrogens (primary N) is 1. The summed E-state index contributed by atoms with van der Waals surface area (Å²) in [6.45, 7) is 2.51. The zero-order valence-electron chi connectivity index (χ0n) is 11.2. The molecule has 1 aromatic heterocycles. The summed E-state index contributed by atoms with van der Waals surface area (Å²) in [6.07, 6.45) is 0. The maximum Gasteiger partial charge on any atom is 0.419 e. The van der Waals surface area contributed by atoms with Crippen LogP contribution in [0, 0.1) is 0 Å². The summed E-state index contributed by atoms with van der Waals surface area (Å²) in [5, 5.41) is 0. The van der Waals surface area contributed by atoms with E-state index in [1.807, 2.05) is 55.5 Å². The molecule has 2 N–H and O–H groups in total. The quantitative estimate of drug-likeness (QED) is 0.794. The van der Waals surface area contributed by atoms with Gasteiger partial charge in [-0.25, -0.2) is 4.79 Å². The van der Waals surface area contributed by atoms with Gasteiger partial charge in [-0.2, -0.15) is 0 Å². The highest BCUT2D eigenvalue weighted by Crippen LogP contribution is 2.23. The smallest absolute Gasteiger partial charge is 0.408 e. The molecular weight excluding hydrogens is 252 g/mol. The molecule has 4 nitrogen and oxygen atoms in total. The van der Waals surface area contributed by atoms with Crippen molar-refractivity contribution in [1.29, 1.82) is 0 Å². The van der Waals surface area contributed by atoms with E-state index >= 15 is 0 Å². The number of aryl methyl sites for hydroxylation is 1. The Morgan fingerprint density at radius 3 is 2.60 bits per heavy atom. The molecule has 4 heteroatoms. The van der Waals surface area contributed by atoms with Crippen molar-refractivity contribution >= 4 is 11.1 Å². The molecule has 0 aliphatic carbocycles. The third-order valence-corrected chi connectivity index (χ3v) is 3.53. The van der Waals surface area contributed by atoms with Gasteiger partial charge in [0.05, 0.1) is 11.6 Å². The maximum atomic E-state index is 11.7. The first-order valence-electron chi connectivity index (χ1n) is 6.64. The Labute approximate surface area is 116 Å². The first-order valence-corrected chi connectivity index (χ1v) is 6.64. The lowest BCUT2D eigenvalue weighted by Gasteiger charge is -2.12. The summed E-state index contributed by atoms with van der Waals surface area (Å²) in [4.78, 5) is 11.7. The average Bonchev–Trinajstić information content (AvgIpc) is 2.81. The molecule has 1 unspecified atom stereocenters. The highest BCUT2D eigenvalue weighted by atomic mass is 16.4. The van der Waals surface area contributed by atoms with Crippen LogP contribution in [-0.2, 0) is 6.54 Å². The van der Waals surface area contributed by atoms with E-state index < -0.39 is 0 Å². The fourth-order valence-corrected chi connectivity index (χ4v) is 2.43. The summed E-state index contributed by atoms with van der Waals surface area (Å²) in [5.41, 5.74) is 9.61. The molecule has 3 rings (SSSR count). The van der Waals surface area contributed by atoms with Crippen LogP contribution in [0.5, 0.6) is 0 Å². The van der Waals surface area contributed by atoms with Gasteiger partial charge in [-0.3, -0.25) is 4.57 Å². The minimum Gasteiger partial charge on any atom is -0.408 e. The number of oxazole rings is 1. The number of benzene rings is 2. The Kier molecular flexibility index (Phi) is 3.16. The van der Waals surface area contributed by atoms with Crippen molar-refractivity contribution in [3.8, 4) is 0 Å². The second-order valence-electron chi connectivity index (χ2n) is 4.73. The second kappa shape index (κ2) is 4.98. The molecule has 0 saturated heterocycles. The SMILES string of the molecule is CCn1c(=O)oc2cc(C(N)c3ccccc3)ccc21. The number of aromatic nitrogens is 1. The van der Waals surface area contributed by atoms with Crippen molar-refractivity contribution in [2.24, 2.45) is 5.73 Å². The molecule has 3 aromatic rings. The Hall–Kier alpha value is -2.33. The van der Waals surface area contributed by atoms with E-state index in [-0.39, 0.29) is 11.8 Å². The predicted molar refractivity (Wildman–Crippen MR) is 78.6 cm³/mol. The molecule has 20 heavy (non-hydrogen) atoms. The third-order valence-electron chi connectivity index (χ3n) is 3.53. The van der Waals surface area contributed by atoms with Crippen LogP contribution >= 0.6 is 0 Å². The second-order valence-corrected chi connectivity index (χ2v) is 4.73. The number of hydrogen-bond donors (Lipinski definition) is 1. The maximum absolute atomic E-state index is 11.7. The Morgan fingerprint density at radius 2 is 1.90 bits per heavy atom. The van der Waals surface area contributed by atoms with Gasteiger partial charge < -0.3 is 10.2 Å². The van der Waals surface area contributed by atoms with Crippen molar-refractivity contribution in [2.75, 3.05) is 0 Å². The predicted octanol–water partition coefficient (Wildman–Crippen LogP) is 2.66. The topological polar surface area (TPSA) is 61.2 Å². The highest BCUT2D eigenvalue weighted by molar-refractivity contribution is 5.74. The van der Waals surface area contributed by atoms with Crippen LogP contribution in [0.3, 0.4) is 0 Å². The molecule has 1 heterocycles. The molecule has 0 spiro atoms. The lowest BCUT2D eigenvalue weighted by molar-refractivity contribution is 0.513. The Morgan fingerprint density at radius 1 is 1.15 bits per heavy atom. The molecule has 1 atom stereocenters. The summed E-state index contributed by atoms with van der Waals surface area (Å²) in [7, 11) is 0. The first-order chi connectivity index (χ1) is 9.70. The van der Waals surface area contributed by atoms with Crippen molar-refractivity contribution in [3.63, 3.8) is 0 Å². The van der Waals surface area contributed by atoms with E-state index in [4.69, 9.17) is 10.2 Å². The lowest BCUT2D eigenvalue weighted by atomic mass is 9.99. The standard InChI is InChI=1S/C16H16N2O2/c1-2-18-13-9-8-12(10-14(13)20-16(18)19)15(17)11-6-4-3-5-7-11/h3-10,15H,2,17H2,1H3. The number of fused-ring (bicyclic) bond motifs is 1. The summed E-state index contributed by atoms with van der Waals surface area (Å²) in [6, 6.07) is 15.3. The van der Waals surface area contributed by atoms with E-state index in [0.717, 1.165) is 16.6 Å². The average molecular weight is 268 g/mol. The molecule has 0 radical (unpaired) electrons. The molecule has 0 amide bonds. The van der Waals surface area contributed by atoms with Gasteiger partial charge in [0, 0.05) is 6.54 Å². The van der Waals surface area contributed by atoms with E-state index in [1.165, 1.54) is 0 Å². The molecule has 0 saturated carbocycles. The molecule has 2 aromatic carbocycles. The molecule has 0 bridgehead atoms. The van der Waals surface area contributed by atoms with Crippen molar-refractivity contribution in [3.05, 3.63) is 70.2 Å². The molecule has 102 valence electrons. The van der Waals surface area contributed by atoms with E-state index in [9.17, 15) is 4.79 Å². The van der Waals surface area contributed by atoms with Gasteiger partial charge in [-0.15, -0.1) is 0 Å². The van der Waals surface area contributed by atoms with Gasteiger partial charge in [-0.1, -0.05) is 36.4 Å². The van der Waals surface area contributed by atoms with Crippen LogP contribution in [0.1, 0.15) is 24.1 Å². The van der Waals surface area contributed by atoms with Gasteiger partial charge >= 0.3 is 5.76 Å². The van der Waals surface area contributed by atoms with Crippen molar-refractivity contribution in [1.82, 2.24) is 4.57 Å². The van der Waals surface area contributed by atoms with Crippen LogP contribution in [0.25, 0.3) is 11.1 Å². The minimum atomic E-state index is -0.326. The fraction of sp³-hybridized carbons (Fsp3) is 0.188. The summed E-state index contributed by atoms with van der Waals surface area (Å²) in [5.74, 6) is -0.326. The number of nitrogens with zero attached hydrogens (tertiary/aromatic N) is 1.